The van der Waals surface area contributed by atoms with Gasteiger partial charge in [0, 0.05) is 6.54 Å². The lowest BCUT2D eigenvalue weighted by molar-refractivity contribution is 0.0639. The van der Waals surface area contributed by atoms with Crippen molar-refractivity contribution in [2.45, 2.75) is 32.0 Å². The molecule has 0 unspecified atom stereocenters. The lowest BCUT2D eigenvalue weighted by atomic mass is 10.0. The van der Waals surface area contributed by atoms with Gasteiger partial charge in [-0.25, -0.2) is 9.18 Å². The van der Waals surface area contributed by atoms with E-state index in [0.29, 0.717) is 24.0 Å². The number of aromatic nitrogens is 2. The van der Waals surface area contributed by atoms with Crippen molar-refractivity contribution in [2.75, 3.05) is 6.61 Å². The van der Waals surface area contributed by atoms with Crippen molar-refractivity contribution in [1.82, 2.24) is 9.13 Å². The van der Waals surface area contributed by atoms with E-state index in [1.54, 1.807) is 36.4 Å². The van der Waals surface area contributed by atoms with E-state index in [1.807, 2.05) is 13.0 Å². The summed E-state index contributed by atoms with van der Waals surface area (Å²) in [5, 5.41) is 19.9. The second-order valence-corrected chi connectivity index (χ2v) is 6.02. The van der Waals surface area contributed by atoms with Crippen LogP contribution in [0.2, 0.25) is 0 Å². The van der Waals surface area contributed by atoms with Gasteiger partial charge in [-0.3, -0.25) is 9.13 Å². The van der Waals surface area contributed by atoms with E-state index in [4.69, 9.17) is 0 Å². The molecule has 0 radical (unpaired) electrons. The Morgan fingerprint density at radius 2 is 1.84 bits per heavy atom. The molecule has 2 atom stereocenters. The zero-order valence-electron chi connectivity index (χ0n) is 14.0. The lowest BCUT2D eigenvalue weighted by Gasteiger charge is -2.23. The fourth-order valence-electron chi connectivity index (χ4n) is 3.28. The van der Waals surface area contributed by atoms with Gasteiger partial charge in [-0.05, 0) is 24.1 Å². The average molecular weight is 344 g/mol. The highest BCUT2D eigenvalue weighted by Gasteiger charge is 2.28. The molecular formula is C19H21FN2O3. The largest absolute Gasteiger partial charge is 0.394 e. The number of hydrogen-bond donors (Lipinski definition) is 2. The maximum atomic E-state index is 14.6. The lowest BCUT2D eigenvalue weighted by Crippen LogP contribution is -2.36. The molecule has 1 aromatic heterocycles. The van der Waals surface area contributed by atoms with Gasteiger partial charge in [0.2, 0.25) is 0 Å². The van der Waals surface area contributed by atoms with Gasteiger partial charge in [-0.1, -0.05) is 43.3 Å². The molecule has 3 rings (SSSR count). The van der Waals surface area contributed by atoms with Crippen molar-refractivity contribution in [1.29, 1.82) is 0 Å². The highest BCUT2D eigenvalue weighted by Crippen LogP contribution is 2.27. The summed E-state index contributed by atoms with van der Waals surface area (Å²) in [6.45, 7) is 1.84. The molecule has 0 aliphatic rings. The minimum Gasteiger partial charge on any atom is -0.394 e. The van der Waals surface area contributed by atoms with Crippen LogP contribution in [0.4, 0.5) is 4.39 Å². The number of nitrogens with zero attached hydrogens (tertiary/aromatic N) is 2. The standard InChI is InChI=1S/C19H21FN2O3/c1-2-11-21-15-10-6-9-14(20)18(15)22(19(21)25)17(16(24)12-23)13-7-4-3-5-8-13/h3-10,16-17,23-24H,2,11-12H2,1H3/t16-,17+/m1/s1. The van der Waals surface area contributed by atoms with E-state index >= 15 is 0 Å². The van der Waals surface area contributed by atoms with E-state index in [1.165, 1.54) is 15.2 Å². The van der Waals surface area contributed by atoms with Gasteiger partial charge in [0.15, 0.2) is 0 Å². The summed E-state index contributed by atoms with van der Waals surface area (Å²) in [6, 6.07) is 12.5. The molecule has 0 saturated heterocycles. The van der Waals surface area contributed by atoms with Crippen molar-refractivity contribution in [3.63, 3.8) is 0 Å². The van der Waals surface area contributed by atoms with Gasteiger partial charge in [0.25, 0.3) is 0 Å². The summed E-state index contributed by atoms with van der Waals surface area (Å²) in [5.74, 6) is -0.532. The molecular weight excluding hydrogens is 323 g/mol. The number of benzene rings is 2. The van der Waals surface area contributed by atoms with Crippen LogP contribution in [0.25, 0.3) is 11.0 Å². The number of aryl methyl sites for hydroxylation is 1. The molecule has 2 aromatic carbocycles. The molecule has 6 heteroatoms. The highest BCUT2D eigenvalue weighted by atomic mass is 19.1. The van der Waals surface area contributed by atoms with Crippen molar-refractivity contribution in [3.8, 4) is 0 Å². The maximum absolute atomic E-state index is 14.6. The third-order valence-electron chi connectivity index (χ3n) is 4.35. The van der Waals surface area contributed by atoms with Crippen LogP contribution in [0.5, 0.6) is 0 Å². The summed E-state index contributed by atoms with van der Waals surface area (Å²) < 4.78 is 17.4. The van der Waals surface area contributed by atoms with Crippen LogP contribution in [0, 0.1) is 5.82 Å². The Morgan fingerprint density at radius 3 is 2.48 bits per heavy atom. The maximum Gasteiger partial charge on any atom is 0.329 e. The summed E-state index contributed by atoms with van der Waals surface area (Å²) in [5.41, 5.74) is 0.855. The summed E-state index contributed by atoms with van der Waals surface area (Å²) >= 11 is 0. The topological polar surface area (TPSA) is 67.4 Å². The SMILES string of the molecule is CCCn1c(=O)n([C@@H](c2ccccc2)[C@H](O)CO)c2c(F)cccc21. The minimum atomic E-state index is -1.24. The Labute approximate surface area is 144 Å². The van der Waals surface area contributed by atoms with Gasteiger partial charge in [0.05, 0.1) is 18.2 Å². The minimum absolute atomic E-state index is 0.141. The van der Waals surface area contributed by atoms with Crippen molar-refractivity contribution in [3.05, 3.63) is 70.4 Å². The summed E-state index contributed by atoms with van der Waals surface area (Å²) in [7, 11) is 0. The number of fused-ring (bicyclic) bond motifs is 1. The first-order chi connectivity index (χ1) is 12.1. The van der Waals surface area contributed by atoms with E-state index in [9.17, 15) is 19.4 Å². The third-order valence-corrected chi connectivity index (χ3v) is 4.35. The Morgan fingerprint density at radius 1 is 1.12 bits per heavy atom. The predicted octanol–water partition coefficient (Wildman–Crippen LogP) is 2.29. The van der Waals surface area contributed by atoms with E-state index in [0.717, 1.165) is 0 Å². The number of para-hydroxylation sites is 1. The molecule has 132 valence electrons. The van der Waals surface area contributed by atoms with Crippen LogP contribution in [-0.4, -0.2) is 32.1 Å². The first-order valence-corrected chi connectivity index (χ1v) is 8.33. The first kappa shape index (κ1) is 17.4. The Kier molecular flexibility index (Phi) is 5.01. The number of hydrogen-bond acceptors (Lipinski definition) is 3. The van der Waals surface area contributed by atoms with Crippen LogP contribution in [0.1, 0.15) is 24.9 Å². The Hall–Kier alpha value is -2.44. The second-order valence-electron chi connectivity index (χ2n) is 6.02. The van der Waals surface area contributed by atoms with Crippen LogP contribution < -0.4 is 5.69 Å². The molecule has 0 aliphatic carbocycles. The number of aliphatic hydroxyl groups excluding tert-OH is 2. The van der Waals surface area contributed by atoms with Crippen LogP contribution in [0.3, 0.4) is 0 Å². The van der Waals surface area contributed by atoms with Gasteiger partial charge in [0.1, 0.15) is 17.4 Å². The van der Waals surface area contributed by atoms with Gasteiger partial charge < -0.3 is 10.2 Å². The third kappa shape index (κ3) is 2.99. The van der Waals surface area contributed by atoms with E-state index < -0.39 is 30.3 Å². The molecule has 1 heterocycles. The summed E-state index contributed by atoms with van der Waals surface area (Å²) in [4.78, 5) is 13.0. The number of aliphatic hydroxyl groups is 2. The molecule has 0 saturated carbocycles. The first-order valence-electron chi connectivity index (χ1n) is 8.33. The van der Waals surface area contributed by atoms with Crippen molar-refractivity contribution >= 4 is 11.0 Å². The Bertz CT molecular complexity index is 918. The van der Waals surface area contributed by atoms with E-state index in [-0.39, 0.29) is 5.52 Å². The quantitative estimate of drug-likeness (QED) is 0.721. The average Bonchev–Trinajstić information content (AvgIpc) is 2.90. The zero-order chi connectivity index (χ0) is 18.0. The van der Waals surface area contributed by atoms with Crippen molar-refractivity contribution < 1.29 is 14.6 Å². The fraction of sp³-hybridized carbons (Fsp3) is 0.316. The highest BCUT2D eigenvalue weighted by molar-refractivity contribution is 5.77. The number of imidazole rings is 1. The molecule has 0 fully saturated rings. The molecule has 0 aliphatic heterocycles. The van der Waals surface area contributed by atoms with Crippen LogP contribution in [-0.2, 0) is 6.54 Å². The monoisotopic (exact) mass is 344 g/mol. The van der Waals surface area contributed by atoms with E-state index in [2.05, 4.69) is 0 Å². The zero-order valence-corrected chi connectivity index (χ0v) is 14.0. The smallest absolute Gasteiger partial charge is 0.329 e. The molecule has 0 spiro atoms. The second kappa shape index (κ2) is 7.21. The Balaban J connectivity index is 2.35. The fourth-order valence-corrected chi connectivity index (χ4v) is 3.28. The van der Waals surface area contributed by atoms with Crippen molar-refractivity contribution in [2.24, 2.45) is 0 Å². The van der Waals surface area contributed by atoms with Gasteiger partial charge in [-0.2, -0.15) is 0 Å². The molecule has 3 aromatic rings. The van der Waals surface area contributed by atoms with Gasteiger partial charge >= 0.3 is 5.69 Å². The predicted molar refractivity (Wildman–Crippen MR) is 94.1 cm³/mol. The van der Waals surface area contributed by atoms with Gasteiger partial charge in [-0.15, -0.1) is 0 Å². The molecule has 2 N–H and O–H groups in total. The molecule has 25 heavy (non-hydrogen) atoms. The molecule has 0 bridgehead atoms. The number of halogens is 1. The van der Waals surface area contributed by atoms with Crippen LogP contribution in [0.15, 0.2) is 53.3 Å². The van der Waals surface area contributed by atoms with Crippen LogP contribution >= 0.6 is 0 Å². The normalized spacial score (nSPS) is 13.9. The molecule has 5 nitrogen and oxygen atoms in total. The number of rotatable bonds is 6. The summed E-state index contributed by atoms with van der Waals surface area (Å²) in [6.07, 6.45) is -0.519. The molecule has 0 amide bonds.